The molecule has 0 saturated heterocycles. The van der Waals surface area contributed by atoms with E-state index >= 15 is 0 Å². The molecule has 0 spiro atoms. The van der Waals surface area contributed by atoms with E-state index in [0.717, 1.165) is 0 Å². The molecule has 1 aromatic heterocycles. The number of amides is 2. The van der Waals surface area contributed by atoms with Crippen molar-refractivity contribution in [2.45, 2.75) is 19.9 Å². The summed E-state index contributed by atoms with van der Waals surface area (Å²) in [5.41, 5.74) is 0. The van der Waals surface area contributed by atoms with Crippen LogP contribution in [0.2, 0.25) is 10.0 Å². The molecule has 0 aliphatic carbocycles. The van der Waals surface area contributed by atoms with Gasteiger partial charge in [-0.3, -0.25) is 9.59 Å². The van der Waals surface area contributed by atoms with Crippen molar-refractivity contribution < 1.29 is 18.8 Å². The first-order valence-electron chi connectivity index (χ1n) is 6.96. The van der Waals surface area contributed by atoms with E-state index in [0.29, 0.717) is 15.8 Å². The first-order chi connectivity index (χ1) is 11.3. The summed E-state index contributed by atoms with van der Waals surface area (Å²) < 4.78 is 10.1. The lowest BCUT2D eigenvalue weighted by atomic mass is 10.3. The Morgan fingerprint density at radius 2 is 2.08 bits per heavy atom. The van der Waals surface area contributed by atoms with Crippen molar-refractivity contribution in [1.29, 1.82) is 0 Å². The van der Waals surface area contributed by atoms with Crippen molar-refractivity contribution in [3.8, 4) is 5.75 Å². The van der Waals surface area contributed by atoms with Crippen molar-refractivity contribution in [2.24, 2.45) is 0 Å². The second kappa shape index (κ2) is 8.03. The third-order valence-electron chi connectivity index (χ3n) is 2.90. The highest BCUT2D eigenvalue weighted by atomic mass is 35.5. The van der Waals surface area contributed by atoms with Gasteiger partial charge in [-0.1, -0.05) is 28.4 Å². The Kier molecular flexibility index (Phi) is 6.05. The molecule has 7 nitrogen and oxygen atoms in total. The standard InChI is InChI=1S/C15H15Cl2N3O4/c1-8-5-13(20-24-8)19-15(22)9(2)18-14(21)7-23-12-6-10(16)3-4-11(12)17/h3-6,9H,7H2,1-2H3,(H,18,21)(H,19,20,22)/t9-/m0/s1. The van der Waals surface area contributed by atoms with Gasteiger partial charge in [-0.05, 0) is 26.0 Å². The first kappa shape index (κ1) is 18.1. The predicted octanol–water partition coefficient (Wildman–Crippen LogP) is 2.81. The number of aromatic nitrogens is 1. The van der Waals surface area contributed by atoms with Crippen LogP contribution in [-0.4, -0.2) is 29.6 Å². The highest BCUT2D eigenvalue weighted by molar-refractivity contribution is 6.34. The van der Waals surface area contributed by atoms with Crippen molar-refractivity contribution in [3.05, 3.63) is 40.1 Å². The van der Waals surface area contributed by atoms with Gasteiger partial charge in [0.05, 0.1) is 5.02 Å². The third kappa shape index (κ3) is 5.14. The van der Waals surface area contributed by atoms with Crippen LogP contribution in [0.15, 0.2) is 28.8 Å². The maximum Gasteiger partial charge on any atom is 0.258 e. The molecular formula is C15H15Cl2N3O4. The van der Waals surface area contributed by atoms with E-state index < -0.39 is 17.9 Å². The second-order valence-electron chi connectivity index (χ2n) is 4.96. The lowest BCUT2D eigenvalue weighted by Gasteiger charge is -2.14. The molecule has 0 fully saturated rings. The Balaban J connectivity index is 1.82. The number of benzene rings is 1. The number of nitrogens with zero attached hydrogens (tertiary/aromatic N) is 1. The van der Waals surface area contributed by atoms with Crippen LogP contribution in [0.3, 0.4) is 0 Å². The fraction of sp³-hybridized carbons (Fsp3) is 0.267. The van der Waals surface area contributed by atoms with Gasteiger partial charge in [-0.2, -0.15) is 0 Å². The van der Waals surface area contributed by atoms with Crippen molar-refractivity contribution in [3.63, 3.8) is 0 Å². The van der Waals surface area contributed by atoms with Crippen molar-refractivity contribution in [1.82, 2.24) is 10.5 Å². The molecule has 128 valence electrons. The summed E-state index contributed by atoms with van der Waals surface area (Å²) in [7, 11) is 0. The minimum atomic E-state index is -0.784. The van der Waals surface area contributed by atoms with Crippen molar-refractivity contribution >= 4 is 40.8 Å². The van der Waals surface area contributed by atoms with E-state index in [2.05, 4.69) is 15.8 Å². The fourth-order valence-electron chi connectivity index (χ4n) is 1.74. The third-order valence-corrected chi connectivity index (χ3v) is 3.45. The van der Waals surface area contributed by atoms with Gasteiger partial charge < -0.3 is 19.9 Å². The number of anilines is 1. The molecule has 1 atom stereocenters. The molecule has 0 radical (unpaired) electrons. The average molecular weight is 372 g/mol. The van der Waals surface area contributed by atoms with Gasteiger partial charge >= 0.3 is 0 Å². The van der Waals surface area contributed by atoms with Gasteiger partial charge in [0.15, 0.2) is 12.4 Å². The normalized spacial score (nSPS) is 11.7. The summed E-state index contributed by atoms with van der Waals surface area (Å²) in [5.74, 6) is 0.214. The molecule has 0 saturated carbocycles. The number of hydrogen-bond acceptors (Lipinski definition) is 5. The quantitative estimate of drug-likeness (QED) is 0.813. The molecule has 2 amide bonds. The van der Waals surface area contributed by atoms with Gasteiger partial charge in [0.1, 0.15) is 17.6 Å². The smallest absolute Gasteiger partial charge is 0.258 e. The predicted molar refractivity (Wildman–Crippen MR) is 89.4 cm³/mol. The zero-order valence-corrected chi connectivity index (χ0v) is 14.4. The van der Waals surface area contributed by atoms with E-state index in [1.54, 1.807) is 25.1 Å². The van der Waals surface area contributed by atoms with E-state index in [1.807, 2.05) is 0 Å². The van der Waals surface area contributed by atoms with Crippen LogP contribution in [0.4, 0.5) is 5.82 Å². The number of halogens is 2. The lowest BCUT2D eigenvalue weighted by Crippen LogP contribution is -2.43. The van der Waals surface area contributed by atoms with Gasteiger partial charge in [-0.15, -0.1) is 0 Å². The Morgan fingerprint density at radius 3 is 2.75 bits per heavy atom. The van der Waals surface area contributed by atoms with Gasteiger partial charge in [-0.25, -0.2) is 0 Å². The van der Waals surface area contributed by atoms with Crippen LogP contribution >= 0.6 is 23.2 Å². The Labute approximate surface area is 148 Å². The molecule has 2 N–H and O–H groups in total. The second-order valence-corrected chi connectivity index (χ2v) is 5.81. The maximum absolute atomic E-state index is 11.9. The van der Waals surface area contributed by atoms with E-state index in [-0.39, 0.29) is 18.2 Å². The van der Waals surface area contributed by atoms with Gasteiger partial charge in [0.25, 0.3) is 5.91 Å². The van der Waals surface area contributed by atoms with E-state index in [1.165, 1.54) is 13.0 Å². The number of ether oxygens (including phenoxy) is 1. The average Bonchev–Trinajstić information content (AvgIpc) is 2.93. The molecule has 0 bridgehead atoms. The molecule has 1 heterocycles. The largest absolute Gasteiger partial charge is 0.482 e. The molecule has 0 aliphatic heterocycles. The number of nitrogens with one attached hydrogen (secondary N) is 2. The summed E-state index contributed by atoms with van der Waals surface area (Å²) in [4.78, 5) is 23.8. The molecule has 0 aliphatic rings. The van der Waals surface area contributed by atoms with Gasteiger partial charge in [0, 0.05) is 17.2 Å². The molecule has 24 heavy (non-hydrogen) atoms. The zero-order chi connectivity index (χ0) is 17.7. The van der Waals surface area contributed by atoms with Crippen LogP contribution in [0.1, 0.15) is 12.7 Å². The monoisotopic (exact) mass is 371 g/mol. The summed E-state index contributed by atoms with van der Waals surface area (Å²) in [6.07, 6.45) is 0. The topological polar surface area (TPSA) is 93.5 Å². The van der Waals surface area contributed by atoms with E-state index in [9.17, 15) is 9.59 Å². The van der Waals surface area contributed by atoms with Crippen LogP contribution in [0, 0.1) is 6.92 Å². The van der Waals surface area contributed by atoms with Crippen LogP contribution in [0.5, 0.6) is 5.75 Å². The minimum absolute atomic E-state index is 0.278. The summed E-state index contributed by atoms with van der Waals surface area (Å²) in [6, 6.07) is 5.45. The summed E-state index contributed by atoms with van der Waals surface area (Å²) >= 11 is 11.8. The highest BCUT2D eigenvalue weighted by Crippen LogP contribution is 2.27. The molecule has 1 aromatic carbocycles. The Morgan fingerprint density at radius 1 is 1.33 bits per heavy atom. The van der Waals surface area contributed by atoms with Crippen LogP contribution < -0.4 is 15.4 Å². The zero-order valence-electron chi connectivity index (χ0n) is 12.9. The van der Waals surface area contributed by atoms with Gasteiger partial charge in [0.2, 0.25) is 5.91 Å². The van der Waals surface area contributed by atoms with Crippen molar-refractivity contribution in [2.75, 3.05) is 11.9 Å². The number of carbonyl (C=O) groups excluding carboxylic acids is 2. The first-order valence-corrected chi connectivity index (χ1v) is 7.72. The van der Waals surface area contributed by atoms with Crippen LogP contribution in [-0.2, 0) is 9.59 Å². The number of aryl methyl sites for hydroxylation is 1. The number of rotatable bonds is 6. The molecule has 0 unspecified atom stereocenters. The summed E-state index contributed by atoms with van der Waals surface area (Å²) in [5, 5.41) is 9.43. The number of hydrogen-bond donors (Lipinski definition) is 2. The molecule has 2 rings (SSSR count). The Hall–Kier alpha value is -2.25. The maximum atomic E-state index is 11.9. The summed E-state index contributed by atoms with van der Waals surface area (Å²) in [6.45, 7) is 2.93. The molecule has 2 aromatic rings. The fourth-order valence-corrected chi connectivity index (χ4v) is 2.07. The molecule has 9 heteroatoms. The minimum Gasteiger partial charge on any atom is -0.482 e. The molecular weight excluding hydrogens is 357 g/mol. The van der Waals surface area contributed by atoms with Crippen LogP contribution in [0.25, 0.3) is 0 Å². The lowest BCUT2D eigenvalue weighted by molar-refractivity contribution is -0.127. The number of carbonyl (C=O) groups is 2. The highest BCUT2D eigenvalue weighted by Gasteiger charge is 2.17. The SMILES string of the molecule is Cc1cc(NC(=O)[C@H](C)NC(=O)COc2cc(Cl)ccc2Cl)no1. The Bertz CT molecular complexity index is 748. The van der Waals surface area contributed by atoms with E-state index in [4.69, 9.17) is 32.5 Å².